The zero-order chi connectivity index (χ0) is 67.5. The number of nitrogens with zero attached hydrogens (tertiary/aromatic N) is 8. The van der Waals surface area contributed by atoms with Crippen molar-refractivity contribution in [3.05, 3.63) is 109 Å². The third kappa shape index (κ3) is 24.8. The Hall–Kier alpha value is -8.75. The topological polar surface area (TPSA) is 522 Å². The number of ether oxygens (including phenoxy) is 6. The number of amides is 2. The van der Waals surface area contributed by atoms with Crippen LogP contribution in [0.4, 0.5) is 61.7 Å². The van der Waals surface area contributed by atoms with Crippen molar-refractivity contribution in [2.24, 2.45) is 40.9 Å². The summed E-state index contributed by atoms with van der Waals surface area (Å²) < 4.78 is 229. The number of benzene rings is 6. The number of nitrogens with one attached hydrogen (secondary N) is 2. The second-order valence-corrected chi connectivity index (χ2v) is 27.7. The fourth-order valence-electron chi connectivity index (χ4n) is 7.33. The van der Waals surface area contributed by atoms with Crippen LogP contribution in [0.25, 0.3) is 0 Å². The van der Waals surface area contributed by atoms with Gasteiger partial charge < -0.3 is 39.1 Å². The molecule has 0 spiro atoms. The summed E-state index contributed by atoms with van der Waals surface area (Å²) >= 11 is 0. The van der Waals surface area contributed by atoms with Crippen LogP contribution in [0.15, 0.2) is 160 Å². The summed E-state index contributed by atoms with van der Waals surface area (Å²) in [5.41, 5.74) is -0.223. The van der Waals surface area contributed by atoms with E-state index < -0.39 is 113 Å². The lowest BCUT2D eigenvalue weighted by Gasteiger charge is -2.17. The maximum Gasteiger partial charge on any atom is 0.323 e. The van der Waals surface area contributed by atoms with Gasteiger partial charge in [0, 0.05) is 36.4 Å². The molecule has 0 unspecified atom stereocenters. The molecule has 0 atom stereocenters. The number of anilines is 2. The Balaban J connectivity index is 1.18. The SMILES string of the molecule is COc1cc(N=Nc2ccc(N=Nc3ccc(OCCCCS(=O)(=O)O)cc3S(=O)(=O)O)cc2)c(OCCS(=O)(=O)O)cc1NC(=O)Nc1cc(OCCS(=O)(=O)O)c(N=Nc2ccc(N=Nc3ccc(OCCCCS(=O)(=O)O)cc3S(=O)(=O)O)cc2)cc1OC. The van der Waals surface area contributed by atoms with Gasteiger partial charge in [-0.05, 0) is 98.5 Å². The number of rotatable bonds is 34. The highest BCUT2D eigenvalue weighted by molar-refractivity contribution is 7.87. The van der Waals surface area contributed by atoms with E-state index in [-0.39, 0.29) is 130 Å². The van der Waals surface area contributed by atoms with Crippen molar-refractivity contribution in [1.29, 1.82) is 0 Å². The molecule has 92 heavy (non-hydrogen) atoms. The van der Waals surface area contributed by atoms with E-state index in [2.05, 4.69) is 51.5 Å². The molecular formula is C51H56N10O25S6. The molecule has 2 amide bonds. The summed E-state index contributed by atoms with van der Waals surface area (Å²) in [7, 11) is -24.7. The lowest BCUT2D eigenvalue weighted by atomic mass is 10.2. The van der Waals surface area contributed by atoms with Gasteiger partial charge in [0.2, 0.25) is 0 Å². The van der Waals surface area contributed by atoms with Crippen LogP contribution in [-0.2, 0) is 60.7 Å². The zero-order valence-corrected chi connectivity index (χ0v) is 52.7. The highest BCUT2D eigenvalue weighted by Crippen LogP contribution is 2.42. The van der Waals surface area contributed by atoms with Crippen LogP contribution in [0, 0.1) is 0 Å². The Labute approximate surface area is 526 Å². The second kappa shape index (κ2) is 32.0. The Bertz CT molecular complexity index is 4180. The molecule has 0 bridgehead atoms. The predicted molar refractivity (Wildman–Crippen MR) is 327 cm³/mol. The second-order valence-electron chi connectivity index (χ2n) is 18.6. The first-order chi connectivity index (χ1) is 43.1. The molecule has 6 aromatic rings. The van der Waals surface area contributed by atoms with Gasteiger partial charge in [-0.1, -0.05) is 0 Å². The Morgan fingerprint density at radius 2 is 0.674 bits per heavy atom. The zero-order valence-electron chi connectivity index (χ0n) is 47.8. The van der Waals surface area contributed by atoms with Gasteiger partial charge in [-0.25, -0.2) is 4.79 Å². The lowest BCUT2D eigenvalue weighted by Crippen LogP contribution is -2.20. The smallest absolute Gasteiger partial charge is 0.323 e. The molecule has 35 nitrogen and oxygen atoms in total. The van der Waals surface area contributed by atoms with Gasteiger partial charge in [0.15, 0.2) is 0 Å². The molecule has 496 valence electrons. The summed E-state index contributed by atoms with van der Waals surface area (Å²) in [6, 6.07) is 22.3. The number of urea groups is 1. The van der Waals surface area contributed by atoms with Gasteiger partial charge in [0.25, 0.3) is 60.7 Å². The molecule has 0 saturated heterocycles. The van der Waals surface area contributed by atoms with Crippen molar-refractivity contribution < 1.29 is 111 Å². The van der Waals surface area contributed by atoms with Gasteiger partial charge in [-0.3, -0.25) is 27.3 Å². The number of hydrogen-bond donors (Lipinski definition) is 8. The van der Waals surface area contributed by atoms with E-state index in [1.165, 1.54) is 111 Å². The van der Waals surface area contributed by atoms with Crippen LogP contribution in [0.2, 0.25) is 0 Å². The third-order valence-electron chi connectivity index (χ3n) is 11.6. The molecule has 0 aliphatic heterocycles. The van der Waals surface area contributed by atoms with E-state index in [1.807, 2.05) is 0 Å². The molecule has 0 aliphatic rings. The summed E-state index contributed by atoms with van der Waals surface area (Å²) in [6.45, 7) is -1.34. The molecule has 6 aromatic carbocycles. The van der Waals surface area contributed by atoms with Gasteiger partial charge in [0.05, 0.1) is 73.1 Å². The van der Waals surface area contributed by atoms with Crippen molar-refractivity contribution >= 4 is 124 Å². The lowest BCUT2D eigenvalue weighted by molar-refractivity contribution is 0.262. The molecule has 0 aliphatic carbocycles. The van der Waals surface area contributed by atoms with Crippen LogP contribution in [-0.4, -0.2) is 148 Å². The molecule has 0 radical (unpaired) electrons. The maximum atomic E-state index is 13.8. The van der Waals surface area contributed by atoms with E-state index in [0.717, 1.165) is 12.1 Å². The van der Waals surface area contributed by atoms with Crippen molar-refractivity contribution in [3.63, 3.8) is 0 Å². The Morgan fingerprint density at radius 1 is 0.359 bits per heavy atom. The molecule has 0 aromatic heterocycles. The minimum atomic E-state index is -4.85. The molecule has 0 heterocycles. The molecule has 6 rings (SSSR count). The van der Waals surface area contributed by atoms with E-state index >= 15 is 0 Å². The van der Waals surface area contributed by atoms with Crippen LogP contribution in [0.5, 0.6) is 34.5 Å². The number of hydrogen-bond acceptors (Lipinski definition) is 27. The summed E-state index contributed by atoms with van der Waals surface area (Å²) in [4.78, 5) is 12.5. The van der Waals surface area contributed by atoms with Gasteiger partial charge >= 0.3 is 6.03 Å². The average Bonchev–Trinajstić information content (AvgIpc) is 0.931. The van der Waals surface area contributed by atoms with Crippen molar-refractivity contribution in [2.45, 2.75) is 35.5 Å². The number of carbonyl (C=O) groups is 1. The first-order valence-corrected chi connectivity index (χ1v) is 35.4. The van der Waals surface area contributed by atoms with Crippen LogP contribution >= 0.6 is 0 Å². The third-order valence-corrected chi connectivity index (χ3v) is 16.3. The fraction of sp³-hybridized carbons (Fsp3) is 0.275. The van der Waals surface area contributed by atoms with Crippen molar-refractivity contribution in [1.82, 2.24) is 0 Å². The largest absolute Gasteiger partial charge is 0.494 e. The standard InChI is InChI=1S/C51H56N10O25S6/c1-81-45-31-43(60-56-35-11-7-33(8-12-35)54-58-39-17-15-37(27-49(39)91(75,76)77)83-19-3-5-23-87(63,64)65)47(85-21-25-89(69,70)71)29-41(45)52-51(62)53-42-30-48(86-22-26-90(72,73)74)44(32-46(42)82-2)61-57-36-13-9-34(10-14-36)55-59-40-18-16-38(28-50(40)92(78,79)80)84-20-4-6-24-88(66,67)68/h7-18,27-32H,3-6,19-26H2,1-2H3,(H2,52,53,62)(H,63,64,65)(H,66,67,68)(H,69,70,71)(H,72,73,74)(H,75,76,77)(H,78,79,80). The van der Waals surface area contributed by atoms with Gasteiger partial charge in [-0.2, -0.15) is 71.0 Å². The molecule has 8 N–H and O–H groups in total. The first kappa shape index (κ1) is 72.3. The van der Waals surface area contributed by atoms with Gasteiger partial charge in [0.1, 0.15) is 91.8 Å². The molecular weight excluding hydrogens is 1350 g/mol. The average molecular weight is 1400 g/mol. The summed E-state index contributed by atoms with van der Waals surface area (Å²) in [5, 5.41) is 37.7. The minimum Gasteiger partial charge on any atom is -0.494 e. The van der Waals surface area contributed by atoms with E-state index in [1.54, 1.807) is 0 Å². The number of unbranched alkanes of at least 4 members (excludes halogenated alkanes) is 2. The normalized spacial score (nSPS) is 12.6. The molecule has 41 heteroatoms. The Morgan fingerprint density at radius 3 is 0.967 bits per heavy atom. The monoisotopic (exact) mass is 1400 g/mol. The van der Waals surface area contributed by atoms with Crippen LogP contribution in [0.3, 0.4) is 0 Å². The summed E-state index contributed by atoms with van der Waals surface area (Å²) in [5.74, 6) is -3.24. The highest BCUT2D eigenvalue weighted by atomic mass is 32.2. The highest BCUT2D eigenvalue weighted by Gasteiger charge is 2.22. The van der Waals surface area contributed by atoms with Crippen molar-refractivity contribution in [3.8, 4) is 34.5 Å². The number of carbonyl (C=O) groups excluding carboxylic acids is 1. The van der Waals surface area contributed by atoms with Gasteiger partial charge in [-0.15, -0.1) is 20.5 Å². The van der Waals surface area contributed by atoms with E-state index in [4.69, 9.17) is 37.5 Å². The quantitative estimate of drug-likeness (QED) is 0.0106. The van der Waals surface area contributed by atoms with Crippen LogP contribution in [0.1, 0.15) is 25.7 Å². The van der Waals surface area contributed by atoms with Crippen LogP contribution < -0.4 is 39.1 Å². The summed E-state index contributed by atoms with van der Waals surface area (Å²) in [6.07, 6.45) is 0.522. The molecule has 0 fully saturated rings. The Kier molecular flexibility index (Phi) is 25.2. The number of azo groups is 4. The first-order valence-electron chi connectivity index (χ1n) is 26.1. The molecule has 0 saturated carbocycles. The fourth-order valence-corrected chi connectivity index (χ4v) is 10.3. The van der Waals surface area contributed by atoms with E-state index in [9.17, 15) is 73.5 Å². The maximum absolute atomic E-state index is 13.8. The number of methoxy groups -OCH3 is 2. The minimum absolute atomic E-state index is 0.00693. The predicted octanol–water partition coefficient (Wildman–Crippen LogP) is 10.1. The van der Waals surface area contributed by atoms with Crippen molar-refractivity contribution in [2.75, 3.05) is 74.3 Å². The van der Waals surface area contributed by atoms with E-state index in [0.29, 0.717) is 0 Å².